The average molecular weight is 402 g/mol. The monoisotopic (exact) mass is 402 g/mol. The third-order valence-electron chi connectivity index (χ3n) is 5.39. The van der Waals surface area contributed by atoms with E-state index < -0.39 is 0 Å². The highest BCUT2D eigenvalue weighted by atomic mass is 16.2. The maximum atomic E-state index is 12.8. The number of hydrogen-bond acceptors (Lipinski definition) is 5. The lowest BCUT2D eigenvalue weighted by atomic mass is 10.1. The lowest BCUT2D eigenvalue weighted by Crippen LogP contribution is -2.34. The molecule has 152 valence electrons. The molecule has 1 heterocycles. The van der Waals surface area contributed by atoms with Crippen LogP contribution >= 0.6 is 0 Å². The second-order valence-electron chi connectivity index (χ2n) is 7.58. The molecular weight excluding hydrogens is 380 g/mol. The van der Waals surface area contributed by atoms with E-state index in [4.69, 9.17) is 5.26 Å². The third kappa shape index (κ3) is 4.01. The molecule has 30 heavy (non-hydrogen) atoms. The molecule has 8 heteroatoms. The van der Waals surface area contributed by atoms with Gasteiger partial charge in [0.15, 0.2) is 0 Å². The van der Waals surface area contributed by atoms with E-state index in [0.29, 0.717) is 28.4 Å². The molecule has 2 amide bonds. The molecule has 1 aromatic heterocycles. The highest BCUT2D eigenvalue weighted by Gasteiger charge is 2.21. The Morgan fingerprint density at radius 2 is 2.03 bits per heavy atom. The third-order valence-corrected chi connectivity index (χ3v) is 5.39. The van der Waals surface area contributed by atoms with Gasteiger partial charge in [-0.2, -0.15) is 5.26 Å². The number of rotatable bonds is 5. The van der Waals surface area contributed by atoms with Crippen molar-refractivity contribution in [3.8, 4) is 6.07 Å². The Kier molecular flexibility index (Phi) is 5.44. The molecule has 0 bridgehead atoms. The zero-order valence-electron chi connectivity index (χ0n) is 16.7. The number of fused-ring (bicyclic) bond motifs is 1. The fourth-order valence-corrected chi connectivity index (χ4v) is 3.87. The minimum atomic E-state index is -0.339. The molecule has 4 rings (SSSR count). The van der Waals surface area contributed by atoms with Gasteiger partial charge in [0.1, 0.15) is 5.52 Å². The number of nitrogens with one attached hydrogen (secondary N) is 1. The van der Waals surface area contributed by atoms with Gasteiger partial charge in [-0.25, -0.2) is 4.68 Å². The molecule has 0 atom stereocenters. The normalized spacial score (nSPS) is 13.9. The second-order valence-corrected chi connectivity index (χ2v) is 7.58. The van der Waals surface area contributed by atoms with Crippen molar-refractivity contribution in [2.45, 2.75) is 31.7 Å². The quantitative estimate of drug-likeness (QED) is 0.706. The summed E-state index contributed by atoms with van der Waals surface area (Å²) in [5, 5.41) is 20.2. The number of benzene rings is 2. The van der Waals surface area contributed by atoms with Crippen LogP contribution in [0.3, 0.4) is 0 Å². The molecule has 8 nitrogen and oxygen atoms in total. The van der Waals surface area contributed by atoms with Crippen LogP contribution in [0.2, 0.25) is 0 Å². The van der Waals surface area contributed by atoms with Gasteiger partial charge < -0.3 is 10.2 Å². The number of likely N-dealkylation sites (N-methyl/N-ethyl adjacent to an activating group) is 1. The first-order valence-electron chi connectivity index (χ1n) is 9.95. The summed E-state index contributed by atoms with van der Waals surface area (Å²) in [7, 11) is 1.58. The van der Waals surface area contributed by atoms with Crippen molar-refractivity contribution in [3.05, 3.63) is 53.6 Å². The first-order chi connectivity index (χ1) is 14.5. The van der Waals surface area contributed by atoms with Gasteiger partial charge in [-0.15, -0.1) is 5.10 Å². The summed E-state index contributed by atoms with van der Waals surface area (Å²) in [5.74, 6) is -0.609. The Bertz CT molecular complexity index is 1140. The second kappa shape index (κ2) is 8.33. The van der Waals surface area contributed by atoms with Gasteiger partial charge in [0, 0.05) is 18.3 Å². The van der Waals surface area contributed by atoms with Crippen molar-refractivity contribution in [2.24, 2.45) is 0 Å². The first-order valence-corrected chi connectivity index (χ1v) is 9.95. The van der Waals surface area contributed by atoms with Gasteiger partial charge >= 0.3 is 0 Å². The molecule has 1 aliphatic rings. The van der Waals surface area contributed by atoms with E-state index in [9.17, 15) is 9.59 Å². The molecule has 1 saturated carbocycles. The lowest BCUT2D eigenvalue weighted by molar-refractivity contribution is -0.116. The van der Waals surface area contributed by atoms with Gasteiger partial charge in [-0.1, -0.05) is 24.1 Å². The van der Waals surface area contributed by atoms with Crippen LogP contribution in [0.4, 0.5) is 5.69 Å². The molecule has 1 aliphatic carbocycles. The molecule has 2 aromatic carbocycles. The van der Waals surface area contributed by atoms with Crippen LogP contribution in [0.1, 0.15) is 47.6 Å². The number of nitrogens with zero attached hydrogens (tertiary/aromatic N) is 5. The fraction of sp³-hybridized carbons (Fsp3) is 0.318. The van der Waals surface area contributed by atoms with Gasteiger partial charge in [-0.3, -0.25) is 9.59 Å². The summed E-state index contributed by atoms with van der Waals surface area (Å²) in [6, 6.07) is 14.4. The molecule has 0 aliphatic heterocycles. The standard InChI is InChI=1S/C22H22N6O2/c1-27(14-21(29)24-17-6-4-5-15(11-17)13-23)22(30)16-9-10-20-19(12-16)25-26-28(20)18-7-2-3-8-18/h4-6,9-12,18H,2-3,7-8,14H2,1H3,(H,24,29). The van der Waals surface area contributed by atoms with E-state index in [2.05, 4.69) is 15.6 Å². The number of hydrogen-bond donors (Lipinski definition) is 1. The van der Waals surface area contributed by atoms with Crippen molar-refractivity contribution in [2.75, 3.05) is 18.9 Å². The van der Waals surface area contributed by atoms with E-state index in [1.54, 1.807) is 43.4 Å². The minimum Gasteiger partial charge on any atom is -0.332 e. The summed E-state index contributed by atoms with van der Waals surface area (Å²) in [4.78, 5) is 26.4. The SMILES string of the molecule is CN(CC(=O)Nc1cccc(C#N)c1)C(=O)c1ccc2c(c1)nnn2C1CCCC1. The number of carbonyl (C=O) groups is 2. The fourth-order valence-electron chi connectivity index (χ4n) is 3.87. The highest BCUT2D eigenvalue weighted by Crippen LogP contribution is 2.31. The van der Waals surface area contributed by atoms with Crippen molar-refractivity contribution in [1.82, 2.24) is 19.9 Å². The zero-order chi connectivity index (χ0) is 21.1. The maximum absolute atomic E-state index is 12.8. The Morgan fingerprint density at radius 1 is 1.23 bits per heavy atom. The summed E-state index contributed by atoms with van der Waals surface area (Å²) in [6.07, 6.45) is 4.62. The Hall–Kier alpha value is -3.73. The molecule has 0 unspecified atom stereocenters. The van der Waals surface area contributed by atoms with Gasteiger partial charge in [0.05, 0.1) is 29.7 Å². The smallest absolute Gasteiger partial charge is 0.254 e. The average Bonchev–Trinajstić information content (AvgIpc) is 3.42. The minimum absolute atomic E-state index is 0.109. The first kappa shape index (κ1) is 19.6. The van der Waals surface area contributed by atoms with Crippen LogP contribution in [-0.2, 0) is 4.79 Å². The highest BCUT2D eigenvalue weighted by molar-refractivity contribution is 6.00. The van der Waals surface area contributed by atoms with Crippen molar-refractivity contribution in [1.29, 1.82) is 5.26 Å². The molecule has 0 radical (unpaired) electrons. The van der Waals surface area contributed by atoms with Crippen LogP contribution < -0.4 is 5.32 Å². The van der Waals surface area contributed by atoms with E-state index in [1.165, 1.54) is 17.7 Å². The molecule has 3 aromatic rings. The molecule has 1 N–H and O–H groups in total. The Labute approximate surface area is 174 Å². The van der Waals surface area contributed by atoms with Crippen molar-refractivity contribution < 1.29 is 9.59 Å². The zero-order valence-corrected chi connectivity index (χ0v) is 16.7. The number of nitriles is 1. The summed E-state index contributed by atoms with van der Waals surface area (Å²) in [5.41, 5.74) is 3.04. The van der Waals surface area contributed by atoms with E-state index >= 15 is 0 Å². The molecule has 0 spiro atoms. The summed E-state index contributed by atoms with van der Waals surface area (Å²) in [6.45, 7) is -0.109. The van der Waals surface area contributed by atoms with Gasteiger partial charge in [0.2, 0.25) is 5.91 Å². The predicted octanol–water partition coefficient (Wildman–Crippen LogP) is 3.13. The predicted molar refractivity (Wildman–Crippen MR) is 112 cm³/mol. The summed E-state index contributed by atoms with van der Waals surface area (Å²) < 4.78 is 1.96. The van der Waals surface area contributed by atoms with E-state index in [-0.39, 0.29) is 18.4 Å². The molecular formula is C22H22N6O2. The topological polar surface area (TPSA) is 104 Å². The Morgan fingerprint density at radius 3 is 2.80 bits per heavy atom. The number of amides is 2. The lowest BCUT2D eigenvalue weighted by Gasteiger charge is -2.17. The van der Waals surface area contributed by atoms with Gasteiger partial charge in [-0.05, 0) is 49.2 Å². The van der Waals surface area contributed by atoms with Crippen LogP contribution in [0, 0.1) is 11.3 Å². The van der Waals surface area contributed by atoms with Crippen LogP contribution in [0.25, 0.3) is 11.0 Å². The molecule has 1 fully saturated rings. The van der Waals surface area contributed by atoms with Crippen LogP contribution in [-0.4, -0.2) is 45.3 Å². The number of carbonyl (C=O) groups excluding carboxylic acids is 2. The summed E-state index contributed by atoms with van der Waals surface area (Å²) >= 11 is 0. The molecule has 0 saturated heterocycles. The van der Waals surface area contributed by atoms with E-state index in [1.807, 2.05) is 16.8 Å². The van der Waals surface area contributed by atoms with Crippen molar-refractivity contribution >= 4 is 28.5 Å². The van der Waals surface area contributed by atoms with Crippen LogP contribution in [0.15, 0.2) is 42.5 Å². The van der Waals surface area contributed by atoms with Crippen molar-refractivity contribution in [3.63, 3.8) is 0 Å². The Balaban J connectivity index is 1.43. The van der Waals surface area contributed by atoms with E-state index in [0.717, 1.165) is 18.4 Å². The number of aromatic nitrogens is 3. The van der Waals surface area contributed by atoms with Gasteiger partial charge in [0.25, 0.3) is 5.91 Å². The largest absolute Gasteiger partial charge is 0.332 e. The maximum Gasteiger partial charge on any atom is 0.254 e. The number of anilines is 1. The van der Waals surface area contributed by atoms with Crippen LogP contribution in [0.5, 0.6) is 0 Å².